The van der Waals surface area contributed by atoms with Crippen molar-refractivity contribution in [3.63, 3.8) is 0 Å². The molecule has 0 unspecified atom stereocenters. The van der Waals surface area contributed by atoms with Crippen LogP contribution in [0, 0.1) is 5.82 Å². The molecule has 0 radical (unpaired) electrons. The first kappa shape index (κ1) is 22.5. The highest BCUT2D eigenvalue weighted by Gasteiger charge is 2.49. The van der Waals surface area contributed by atoms with Crippen LogP contribution in [0.2, 0.25) is 0 Å². The lowest BCUT2D eigenvalue weighted by atomic mass is 10.0. The second-order valence-electron chi connectivity index (χ2n) is 6.91. The minimum Gasteiger partial charge on any atom is -0.487 e. The van der Waals surface area contributed by atoms with Gasteiger partial charge < -0.3 is 8.92 Å². The molecule has 3 aromatic carbocycles. The average Bonchev–Trinajstić information content (AvgIpc) is 2.78. The summed E-state index contributed by atoms with van der Waals surface area (Å²) in [7, 11) is -6.04. The third-order valence-corrected chi connectivity index (χ3v) is 5.60. The number of nitrogens with zero attached hydrogens (tertiary/aromatic N) is 1. The molecule has 0 fully saturated rings. The van der Waals surface area contributed by atoms with E-state index in [1.165, 1.54) is 36.4 Å². The number of halogens is 4. The van der Waals surface area contributed by atoms with Crippen LogP contribution in [-0.4, -0.2) is 18.9 Å². The van der Waals surface area contributed by atoms with Gasteiger partial charge in [0.05, 0.1) is 11.2 Å². The zero-order valence-corrected chi connectivity index (χ0v) is 17.5. The van der Waals surface area contributed by atoms with Gasteiger partial charge in [0.2, 0.25) is 0 Å². The fraction of sp³-hybridized carbons (Fsp3) is 0.0870. The van der Waals surface area contributed by atoms with Crippen molar-refractivity contribution in [1.82, 2.24) is 4.98 Å². The van der Waals surface area contributed by atoms with E-state index in [4.69, 9.17) is 4.74 Å². The van der Waals surface area contributed by atoms with Gasteiger partial charge in [-0.25, -0.2) is 9.37 Å². The summed E-state index contributed by atoms with van der Waals surface area (Å²) in [6.45, 7) is 0.169. The van der Waals surface area contributed by atoms with E-state index in [0.717, 1.165) is 17.0 Å². The smallest absolute Gasteiger partial charge is 0.487 e. The van der Waals surface area contributed by atoms with Crippen LogP contribution in [0.3, 0.4) is 0 Å². The zero-order chi connectivity index (χ0) is 23.6. The number of ether oxygens (including phenoxy) is 1. The van der Waals surface area contributed by atoms with Gasteiger partial charge in [-0.3, -0.25) is 0 Å². The van der Waals surface area contributed by atoms with Gasteiger partial charge in [0, 0.05) is 10.9 Å². The fourth-order valence-electron chi connectivity index (χ4n) is 3.05. The SMILES string of the molecule is O=S(=O)(Oc1c(F)cccc1-c1ccc(OCc2ccc3ccccc3n2)cc1)C(F)(F)F. The highest BCUT2D eigenvalue weighted by molar-refractivity contribution is 7.88. The number of fused-ring (bicyclic) bond motifs is 1. The summed E-state index contributed by atoms with van der Waals surface area (Å²) in [5.74, 6) is -1.86. The monoisotopic (exact) mass is 477 g/mol. The van der Waals surface area contributed by atoms with Crippen molar-refractivity contribution in [2.75, 3.05) is 0 Å². The highest BCUT2D eigenvalue weighted by atomic mass is 32.2. The summed E-state index contributed by atoms with van der Waals surface area (Å²) >= 11 is 0. The maximum Gasteiger partial charge on any atom is 0.534 e. The lowest BCUT2D eigenvalue weighted by Gasteiger charge is -2.14. The van der Waals surface area contributed by atoms with Crippen molar-refractivity contribution >= 4 is 21.0 Å². The van der Waals surface area contributed by atoms with E-state index in [1.54, 1.807) is 0 Å². The quantitative estimate of drug-likeness (QED) is 0.198. The number of rotatable bonds is 6. The molecule has 0 spiro atoms. The van der Waals surface area contributed by atoms with Crippen LogP contribution < -0.4 is 8.92 Å². The first-order valence-corrected chi connectivity index (χ1v) is 10.9. The molecule has 170 valence electrons. The summed E-state index contributed by atoms with van der Waals surface area (Å²) in [6.07, 6.45) is 0. The third kappa shape index (κ3) is 4.90. The second-order valence-corrected chi connectivity index (χ2v) is 8.45. The Hall–Kier alpha value is -3.66. The Labute approximate surface area is 186 Å². The van der Waals surface area contributed by atoms with Crippen LogP contribution in [0.15, 0.2) is 78.9 Å². The van der Waals surface area contributed by atoms with Crippen LogP contribution in [0.5, 0.6) is 11.5 Å². The zero-order valence-electron chi connectivity index (χ0n) is 16.7. The van der Waals surface area contributed by atoms with Crippen molar-refractivity contribution in [1.29, 1.82) is 0 Å². The minimum absolute atomic E-state index is 0.162. The predicted octanol–water partition coefficient (Wildman–Crippen LogP) is 5.85. The van der Waals surface area contributed by atoms with Crippen LogP contribution in [-0.2, 0) is 16.7 Å². The van der Waals surface area contributed by atoms with Gasteiger partial charge in [-0.05, 0) is 35.9 Å². The third-order valence-electron chi connectivity index (χ3n) is 4.65. The van der Waals surface area contributed by atoms with E-state index < -0.39 is 27.2 Å². The van der Waals surface area contributed by atoms with E-state index in [0.29, 0.717) is 11.4 Å². The fourth-order valence-corrected chi connectivity index (χ4v) is 3.54. The molecule has 10 heteroatoms. The van der Waals surface area contributed by atoms with Gasteiger partial charge in [0.25, 0.3) is 0 Å². The van der Waals surface area contributed by atoms with Crippen LogP contribution in [0.25, 0.3) is 22.0 Å². The molecule has 0 saturated heterocycles. The van der Waals surface area contributed by atoms with E-state index >= 15 is 0 Å². The number of hydrogen-bond donors (Lipinski definition) is 0. The topological polar surface area (TPSA) is 65.5 Å². The Bertz CT molecular complexity index is 1400. The number of alkyl halides is 3. The molecule has 0 atom stereocenters. The Kier molecular flexibility index (Phi) is 5.94. The number of benzene rings is 3. The number of aromatic nitrogens is 1. The molecule has 5 nitrogen and oxygen atoms in total. The molecular weight excluding hydrogens is 462 g/mol. The maximum absolute atomic E-state index is 14.2. The van der Waals surface area contributed by atoms with Crippen LogP contribution >= 0.6 is 0 Å². The van der Waals surface area contributed by atoms with E-state index in [-0.39, 0.29) is 17.7 Å². The van der Waals surface area contributed by atoms with E-state index in [1.807, 2.05) is 36.4 Å². The lowest BCUT2D eigenvalue weighted by molar-refractivity contribution is -0.0500. The minimum atomic E-state index is -6.04. The summed E-state index contributed by atoms with van der Waals surface area (Å²) in [5.41, 5.74) is -4.11. The van der Waals surface area contributed by atoms with Gasteiger partial charge in [0.1, 0.15) is 12.4 Å². The normalized spacial score (nSPS) is 12.0. The summed E-state index contributed by atoms with van der Waals surface area (Å²) < 4.78 is 84.8. The first-order valence-electron chi connectivity index (χ1n) is 9.51. The lowest BCUT2D eigenvalue weighted by Crippen LogP contribution is -2.28. The molecule has 0 saturated carbocycles. The molecule has 4 rings (SSSR count). The second kappa shape index (κ2) is 8.70. The highest BCUT2D eigenvalue weighted by Crippen LogP contribution is 2.37. The van der Waals surface area contributed by atoms with E-state index in [9.17, 15) is 26.0 Å². The predicted molar refractivity (Wildman–Crippen MR) is 114 cm³/mol. The summed E-state index contributed by atoms with van der Waals surface area (Å²) in [5, 5.41) is 0.992. The molecule has 0 aliphatic heterocycles. The van der Waals surface area contributed by atoms with Crippen molar-refractivity contribution in [2.45, 2.75) is 12.1 Å². The van der Waals surface area contributed by atoms with Gasteiger partial charge in [-0.15, -0.1) is 0 Å². The molecule has 33 heavy (non-hydrogen) atoms. The number of hydrogen-bond acceptors (Lipinski definition) is 5. The van der Waals surface area contributed by atoms with Crippen molar-refractivity contribution in [3.05, 3.63) is 90.4 Å². The molecule has 1 heterocycles. The van der Waals surface area contributed by atoms with Crippen molar-refractivity contribution < 1.29 is 34.9 Å². The Morgan fingerprint density at radius 3 is 2.30 bits per heavy atom. The Morgan fingerprint density at radius 2 is 1.58 bits per heavy atom. The van der Waals surface area contributed by atoms with Crippen molar-refractivity contribution in [2.24, 2.45) is 0 Å². The summed E-state index contributed by atoms with van der Waals surface area (Å²) in [6, 6.07) is 20.6. The number of pyridine rings is 1. The first-order chi connectivity index (χ1) is 15.6. The van der Waals surface area contributed by atoms with Gasteiger partial charge >= 0.3 is 15.6 Å². The Balaban J connectivity index is 1.54. The number of para-hydroxylation sites is 2. The molecule has 0 N–H and O–H groups in total. The van der Waals surface area contributed by atoms with Crippen LogP contribution in [0.1, 0.15) is 5.69 Å². The van der Waals surface area contributed by atoms with Gasteiger partial charge in [-0.2, -0.15) is 21.6 Å². The maximum atomic E-state index is 14.2. The van der Waals surface area contributed by atoms with E-state index in [2.05, 4.69) is 9.17 Å². The van der Waals surface area contributed by atoms with Gasteiger partial charge in [-0.1, -0.05) is 48.5 Å². The molecule has 0 bridgehead atoms. The molecular formula is C23H15F4NO4S. The molecule has 0 amide bonds. The van der Waals surface area contributed by atoms with Crippen molar-refractivity contribution in [3.8, 4) is 22.6 Å². The average molecular weight is 477 g/mol. The van der Waals surface area contributed by atoms with Crippen LogP contribution in [0.4, 0.5) is 17.6 Å². The standard InChI is InChI=1S/C23H15F4NO4S/c24-20-6-3-5-19(22(20)32-33(29,30)23(25,26)27)15-9-12-18(13-10-15)31-14-17-11-8-16-4-1-2-7-21(16)28-17/h1-13H,14H2. The molecule has 0 aliphatic carbocycles. The molecule has 1 aromatic heterocycles. The molecule has 4 aromatic rings. The summed E-state index contributed by atoms with van der Waals surface area (Å²) in [4.78, 5) is 4.50. The molecule has 0 aliphatic rings. The Morgan fingerprint density at radius 1 is 0.848 bits per heavy atom. The largest absolute Gasteiger partial charge is 0.534 e. The van der Waals surface area contributed by atoms with Gasteiger partial charge in [0.15, 0.2) is 11.6 Å².